The van der Waals surface area contributed by atoms with E-state index < -0.39 is 53.8 Å². The summed E-state index contributed by atoms with van der Waals surface area (Å²) in [4.78, 5) is 60.9. The highest BCUT2D eigenvalue weighted by molar-refractivity contribution is 7.80. The monoisotopic (exact) mass is 446 g/mol. The van der Waals surface area contributed by atoms with Gasteiger partial charge in [-0.05, 0) is 25.2 Å². The van der Waals surface area contributed by atoms with Gasteiger partial charge in [-0.1, -0.05) is 13.8 Å². The fraction of sp³-hybridized carbons (Fsp3) is 0.722. The van der Waals surface area contributed by atoms with Crippen molar-refractivity contribution in [3.8, 4) is 0 Å². The topological polar surface area (TPSA) is 179 Å². The zero-order valence-electron chi connectivity index (χ0n) is 17.0. The van der Waals surface area contributed by atoms with Gasteiger partial charge in [0.25, 0.3) is 0 Å². The van der Waals surface area contributed by atoms with Crippen LogP contribution in [0.25, 0.3) is 0 Å². The number of hydrogen-bond donors (Lipinski definition) is 6. The molecule has 4 unspecified atom stereocenters. The average Bonchev–Trinajstić information content (AvgIpc) is 3.17. The molecule has 0 aromatic heterocycles. The lowest BCUT2D eigenvalue weighted by molar-refractivity contribution is -0.149. The fourth-order valence-electron chi connectivity index (χ4n) is 3.14. The summed E-state index contributed by atoms with van der Waals surface area (Å²) in [5.74, 6) is -4.46. The lowest BCUT2D eigenvalue weighted by Gasteiger charge is -2.29. The van der Waals surface area contributed by atoms with E-state index >= 15 is 0 Å². The molecule has 1 heterocycles. The van der Waals surface area contributed by atoms with Crippen molar-refractivity contribution >= 4 is 42.3 Å². The van der Waals surface area contributed by atoms with Crippen LogP contribution in [0.2, 0.25) is 0 Å². The highest BCUT2D eigenvalue weighted by Gasteiger charge is 2.38. The first-order valence-electron chi connectivity index (χ1n) is 9.71. The molecule has 170 valence electrons. The molecule has 0 spiro atoms. The van der Waals surface area contributed by atoms with Crippen LogP contribution in [-0.4, -0.2) is 81.2 Å². The van der Waals surface area contributed by atoms with Crippen molar-refractivity contribution in [2.75, 3.05) is 12.3 Å². The minimum atomic E-state index is -1.10. The van der Waals surface area contributed by atoms with Crippen molar-refractivity contribution < 1.29 is 34.2 Å². The van der Waals surface area contributed by atoms with E-state index in [2.05, 4.69) is 23.3 Å². The maximum Gasteiger partial charge on any atom is 0.326 e. The largest absolute Gasteiger partial charge is 0.481 e. The lowest BCUT2D eigenvalue weighted by Crippen LogP contribution is -2.59. The molecule has 0 saturated carbocycles. The van der Waals surface area contributed by atoms with Crippen LogP contribution in [0.5, 0.6) is 0 Å². The Balaban J connectivity index is 2.80. The maximum absolute atomic E-state index is 12.7. The van der Waals surface area contributed by atoms with Crippen LogP contribution < -0.4 is 16.4 Å². The van der Waals surface area contributed by atoms with E-state index in [1.807, 2.05) is 0 Å². The van der Waals surface area contributed by atoms with Gasteiger partial charge in [0.05, 0.1) is 6.04 Å². The van der Waals surface area contributed by atoms with Gasteiger partial charge in [0.2, 0.25) is 17.7 Å². The molecule has 1 aliphatic heterocycles. The van der Waals surface area contributed by atoms with Crippen LogP contribution in [0.1, 0.15) is 39.5 Å². The summed E-state index contributed by atoms with van der Waals surface area (Å²) < 4.78 is 0. The Kier molecular flexibility index (Phi) is 10.1. The number of likely N-dealkylation sites (tertiary alicyclic amines) is 1. The molecule has 12 heteroatoms. The zero-order valence-corrected chi connectivity index (χ0v) is 17.9. The Bertz CT molecular complexity index is 673. The normalized spacial score (nSPS) is 19.1. The number of carbonyl (C=O) groups is 5. The summed E-state index contributed by atoms with van der Waals surface area (Å²) in [6, 6.07) is -4.11. The van der Waals surface area contributed by atoms with E-state index in [4.69, 9.17) is 10.8 Å². The van der Waals surface area contributed by atoms with Gasteiger partial charge < -0.3 is 31.5 Å². The van der Waals surface area contributed by atoms with Gasteiger partial charge in [0.1, 0.15) is 18.1 Å². The molecule has 0 aromatic carbocycles. The van der Waals surface area contributed by atoms with Crippen LogP contribution >= 0.6 is 12.6 Å². The maximum atomic E-state index is 12.7. The second-order valence-corrected chi connectivity index (χ2v) is 7.91. The number of aliphatic carboxylic acids is 2. The number of thiol groups is 1. The molecule has 0 radical (unpaired) electrons. The fourth-order valence-corrected chi connectivity index (χ4v) is 3.39. The average molecular weight is 447 g/mol. The summed E-state index contributed by atoms with van der Waals surface area (Å²) in [7, 11) is 0. The predicted molar refractivity (Wildman–Crippen MR) is 110 cm³/mol. The van der Waals surface area contributed by atoms with Gasteiger partial charge >= 0.3 is 11.9 Å². The van der Waals surface area contributed by atoms with Gasteiger partial charge in [-0.2, -0.15) is 12.6 Å². The van der Waals surface area contributed by atoms with Crippen LogP contribution in [0.4, 0.5) is 0 Å². The first kappa shape index (κ1) is 25.7. The molecule has 1 aliphatic rings. The van der Waals surface area contributed by atoms with Crippen molar-refractivity contribution in [3.05, 3.63) is 0 Å². The van der Waals surface area contributed by atoms with Gasteiger partial charge in [-0.15, -0.1) is 0 Å². The predicted octanol–water partition coefficient (Wildman–Crippen LogP) is -1.19. The van der Waals surface area contributed by atoms with Crippen LogP contribution in [0.3, 0.4) is 0 Å². The molecule has 1 saturated heterocycles. The van der Waals surface area contributed by atoms with Crippen LogP contribution in [0, 0.1) is 5.92 Å². The SMILES string of the molecule is CC(C)C(NC(=O)C(N)CCC(=O)O)C(=O)NC(CS)C(=O)N1CCCC1C(=O)O. The lowest BCUT2D eigenvalue weighted by atomic mass is 10.0. The standard InChI is InChI=1S/C18H30N4O7S/c1-9(2)14(21-15(25)10(19)5-6-13(23)24)16(26)20-11(8-30)17(27)22-7-3-4-12(22)18(28)29/h9-12,14,30H,3-8,19H2,1-2H3,(H,20,26)(H,21,25)(H,23,24)(H,28,29). The Morgan fingerprint density at radius 1 is 1.13 bits per heavy atom. The van der Waals surface area contributed by atoms with E-state index in [9.17, 15) is 29.1 Å². The second-order valence-electron chi connectivity index (χ2n) is 7.54. The third-order valence-corrected chi connectivity index (χ3v) is 5.24. The Morgan fingerprint density at radius 3 is 2.27 bits per heavy atom. The number of carbonyl (C=O) groups excluding carboxylic acids is 3. The smallest absolute Gasteiger partial charge is 0.326 e. The Morgan fingerprint density at radius 2 is 1.77 bits per heavy atom. The molecule has 1 rings (SSSR count). The minimum Gasteiger partial charge on any atom is -0.481 e. The van der Waals surface area contributed by atoms with Crippen LogP contribution in [0.15, 0.2) is 0 Å². The van der Waals surface area contributed by atoms with E-state index in [1.54, 1.807) is 13.8 Å². The third-order valence-electron chi connectivity index (χ3n) is 4.87. The number of nitrogens with one attached hydrogen (secondary N) is 2. The van der Waals surface area contributed by atoms with Gasteiger partial charge in [0, 0.05) is 18.7 Å². The minimum absolute atomic E-state index is 0.0513. The van der Waals surface area contributed by atoms with E-state index in [0.717, 1.165) is 0 Å². The van der Waals surface area contributed by atoms with Crippen molar-refractivity contribution in [3.63, 3.8) is 0 Å². The number of carboxylic acid groups (broad SMARTS) is 2. The third kappa shape index (κ3) is 7.17. The molecule has 30 heavy (non-hydrogen) atoms. The second kappa shape index (κ2) is 11.7. The molecule has 0 bridgehead atoms. The molecule has 1 fully saturated rings. The van der Waals surface area contributed by atoms with E-state index in [1.165, 1.54) is 4.90 Å². The number of hydrogen-bond acceptors (Lipinski definition) is 7. The number of nitrogens with two attached hydrogens (primary N) is 1. The van der Waals surface area contributed by atoms with Crippen LogP contribution in [-0.2, 0) is 24.0 Å². The van der Waals surface area contributed by atoms with Crippen molar-refractivity contribution in [2.24, 2.45) is 11.7 Å². The first-order valence-corrected chi connectivity index (χ1v) is 10.3. The molecular weight excluding hydrogens is 416 g/mol. The van der Waals surface area contributed by atoms with E-state index in [0.29, 0.717) is 12.8 Å². The molecule has 4 atom stereocenters. The van der Waals surface area contributed by atoms with Gasteiger partial charge in [-0.25, -0.2) is 4.79 Å². The zero-order chi connectivity index (χ0) is 23.0. The quantitative estimate of drug-likeness (QED) is 0.214. The highest BCUT2D eigenvalue weighted by Crippen LogP contribution is 2.19. The molecule has 0 aliphatic carbocycles. The Labute approximate surface area is 180 Å². The molecule has 3 amide bonds. The number of nitrogens with zero attached hydrogens (tertiary/aromatic N) is 1. The van der Waals surface area contributed by atoms with Crippen molar-refractivity contribution in [2.45, 2.75) is 63.7 Å². The first-order chi connectivity index (χ1) is 14.0. The summed E-state index contributed by atoms with van der Waals surface area (Å²) in [5.41, 5.74) is 5.68. The summed E-state index contributed by atoms with van der Waals surface area (Å²) in [5, 5.41) is 23.0. The number of amides is 3. The van der Waals surface area contributed by atoms with Crippen molar-refractivity contribution in [1.82, 2.24) is 15.5 Å². The van der Waals surface area contributed by atoms with Crippen molar-refractivity contribution in [1.29, 1.82) is 0 Å². The molecular formula is C18H30N4O7S. The summed E-state index contributed by atoms with van der Waals surface area (Å²) in [6.45, 7) is 3.65. The molecule has 6 N–H and O–H groups in total. The summed E-state index contributed by atoms with van der Waals surface area (Å²) in [6.07, 6.45) is 0.517. The van der Waals surface area contributed by atoms with Gasteiger partial charge in [-0.3, -0.25) is 19.2 Å². The Hall–Kier alpha value is -2.34. The summed E-state index contributed by atoms with van der Waals surface area (Å²) >= 11 is 4.10. The van der Waals surface area contributed by atoms with Gasteiger partial charge in [0.15, 0.2) is 0 Å². The number of carboxylic acids is 2. The molecule has 11 nitrogen and oxygen atoms in total. The molecule has 0 aromatic rings. The number of rotatable bonds is 11. The highest BCUT2D eigenvalue weighted by atomic mass is 32.1. The van der Waals surface area contributed by atoms with E-state index in [-0.39, 0.29) is 31.1 Å².